The number of rotatable bonds is 3. The highest BCUT2D eigenvalue weighted by atomic mass is 19.1. The van der Waals surface area contributed by atoms with Crippen molar-refractivity contribution in [3.05, 3.63) is 35.1 Å². The zero-order chi connectivity index (χ0) is 14.0. The van der Waals surface area contributed by atoms with Gasteiger partial charge in [-0.15, -0.1) is 0 Å². The van der Waals surface area contributed by atoms with E-state index >= 15 is 0 Å². The molecule has 0 radical (unpaired) electrons. The van der Waals surface area contributed by atoms with E-state index in [1.54, 1.807) is 12.1 Å². The summed E-state index contributed by atoms with van der Waals surface area (Å²) in [5.41, 5.74) is 5.31. The molecule has 0 saturated carbocycles. The first kappa shape index (κ1) is 14.0. The van der Waals surface area contributed by atoms with Crippen LogP contribution >= 0.6 is 0 Å². The summed E-state index contributed by atoms with van der Waals surface area (Å²) >= 11 is 0. The first-order valence-electron chi connectivity index (χ1n) is 6.45. The van der Waals surface area contributed by atoms with E-state index in [1.807, 2.05) is 11.8 Å². The Morgan fingerprint density at radius 2 is 2.32 bits per heavy atom. The second kappa shape index (κ2) is 5.27. The van der Waals surface area contributed by atoms with Crippen molar-refractivity contribution in [2.45, 2.75) is 31.9 Å². The van der Waals surface area contributed by atoms with Crippen molar-refractivity contribution in [1.82, 2.24) is 4.90 Å². The van der Waals surface area contributed by atoms with Crippen LogP contribution in [0.25, 0.3) is 0 Å². The number of nitrogen functional groups attached to an aromatic ring is 1. The highest BCUT2D eigenvalue weighted by molar-refractivity contribution is 5.95. The van der Waals surface area contributed by atoms with Crippen molar-refractivity contribution >= 4 is 5.84 Å². The van der Waals surface area contributed by atoms with Gasteiger partial charge in [-0.05, 0) is 32.4 Å². The van der Waals surface area contributed by atoms with E-state index in [0.29, 0.717) is 18.7 Å². The minimum atomic E-state index is -0.701. The summed E-state index contributed by atoms with van der Waals surface area (Å²) < 4.78 is 14.2. The Kier molecular flexibility index (Phi) is 3.87. The molecule has 1 atom stereocenters. The number of hydrogen-bond acceptors (Lipinski definition) is 3. The van der Waals surface area contributed by atoms with E-state index in [-0.39, 0.29) is 11.4 Å². The molecule has 1 heterocycles. The third kappa shape index (κ3) is 3.30. The minimum Gasteiger partial charge on any atom is -0.389 e. The summed E-state index contributed by atoms with van der Waals surface area (Å²) in [6.45, 7) is 3.63. The molecule has 0 aromatic heterocycles. The normalized spacial score (nSPS) is 24.4. The topological polar surface area (TPSA) is 73.3 Å². The van der Waals surface area contributed by atoms with Crippen LogP contribution in [-0.4, -0.2) is 34.5 Å². The van der Waals surface area contributed by atoms with Gasteiger partial charge in [-0.1, -0.05) is 12.1 Å². The molecule has 1 aliphatic rings. The van der Waals surface area contributed by atoms with E-state index < -0.39 is 11.4 Å². The molecule has 2 rings (SSSR count). The molecule has 104 valence electrons. The molecule has 5 heteroatoms. The fourth-order valence-electron chi connectivity index (χ4n) is 2.61. The van der Waals surface area contributed by atoms with Crippen molar-refractivity contribution in [2.24, 2.45) is 5.73 Å². The number of β-amino-alcohol motifs (C(OH)–C–C–N with tert-alkyl or cyclic N) is 1. The Morgan fingerprint density at radius 3 is 2.95 bits per heavy atom. The number of nitrogens with two attached hydrogens (primary N) is 1. The van der Waals surface area contributed by atoms with Crippen molar-refractivity contribution in [3.63, 3.8) is 0 Å². The number of amidine groups is 1. The van der Waals surface area contributed by atoms with Crippen LogP contribution in [0.5, 0.6) is 0 Å². The monoisotopic (exact) mass is 265 g/mol. The van der Waals surface area contributed by atoms with Gasteiger partial charge in [0.05, 0.1) is 11.2 Å². The van der Waals surface area contributed by atoms with Crippen LogP contribution in [0.3, 0.4) is 0 Å². The van der Waals surface area contributed by atoms with Gasteiger partial charge in [-0.25, -0.2) is 4.39 Å². The number of nitrogens with one attached hydrogen (secondary N) is 1. The third-order valence-electron chi connectivity index (χ3n) is 3.52. The van der Waals surface area contributed by atoms with Gasteiger partial charge in [0.25, 0.3) is 0 Å². The quantitative estimate of drug-likeness (QED) is 0.572. The molecular weight excluding hydrogens is 245 g/mol. The van der Waals surface area contributed by atoms with Crippen LogP contribution in [0.1, 0.15) is 30.9 Å². The van der Waals surface area contributed by atoms with Gasteiger partial charge in [0.2, 0.25) is 0 Å². The van der Waals surface area contributed by atoms with Crippen LogP contribution in [0, 0.1) is 11.2 Å². The Morgan fingerprint density at radius 1 is 1.58 bits per heavy atom. The molecule has 19 heavy (non-hydrogen) atoms. The second-order valence-electron chi connectivity index (χ2n) is 5.50. The molecule has 0 aliphatic carbocycles. The van der Waals surface area contributed by atoms with Crippen LogP contribution < -0.4 is 5.73 Å². The van der Waals surface area contributed by atoms with E-state index in [9.17, 15) is 9.50 Å². The Bertz CT molecular complexity index is 488. The second-order valence-corrected chi connectivity index (χ2v) is 5.50. The average molecular weight is 265 g/mol. The Labute approximate surface area is 112 Å². The standard InChI is InChI=1S/C14H20FN3O/c1-14(19)6-3-7-18(9-14)8-10-4-2-5-11(12(10)15)13(16)17/h2,4-5,19H,3,6-9H2,1H3,(H3,16,17). The van der Waals surface area contributed by atoms with Gasteiger partial charge in [-0.3, -0.25) is 10.3 Å². The number of hydrogen-bond donors (Lipinski definition) is 3. The largest absolute Gasteiger partial charge is 0.389 e. The lowest BCUT2D eigenvalue weighted by Gasteiger charge is -2.36. The number of aliphatic hydroxyl groups is 1. The molecule has 1 aromatic carbocycles. The number of benzene rings is 1. The summed E-state index contributed by atoms with van der Waals surface area (Å²) in [5.74, 6) is -0.690. The number of likely N-dealkylation sites (tertiary alicyclic amines) is 1. The highest BCUT2D eigenvalue weighted by Gasteiger charge is 2.28. The highest BCUT2D eigenvalue weighted by Crippen LogP contribution is 2.23. The molecule has 0 amide bonds. The lowest BCUT2D eigenvalue weighted by Crippen LogP contribution is -2.45. The van der Waals surface area contributed by atoms with Crippen LogP contribution in [0.2, 0.25) is 0 Å². The number of halogens is 1. The maximum atomic E-state index is 14.2. The smallest absolute Gasteiger partial charge is 0.138 e. The van der Waals surface area contributed by atoms with Crippen molar-refractivity contribution in [2.75, 3.05) is 13.1 Å². The molecule has 1 saturated heterocycles. The summed E-state index contributed by atoms with van der Waals surface area (Å²) in [7, 11) is 0. The zero-order valence-electron chi connectivity index (χ0n) is 11.1. The van der Waals surface area contributed by atoms with Gasteiger partial charge < -0.3 is 10.8 Å². The SMILES string of the molecule is CC1(O)CCCN(Cc2cccc(C(=N)N)c2F)C1. The van der Waals surface area contributed by atoms with E-state index in [1.165, 1.54) is 6.07 Å². The fraction of sp³-hybridized carbons (Fsp3) is 0.500. The van der Waals surface area contributed by atoms with Gasteiger partial charge in [0.15, 0.2) is 0 Å². The molecular formula is C14H20FN3O. The van der Waals surface area contributed by atoms with Crippen molar-refractivity contribution in [3.8, 4) is 0 Å². The Hall–Kier alpha value is -1.46. The van der Waals surface area contributed by atoms with E-state index in [2.05, 4.69) is 0 Å². The summed E-state index contributed by atoms with van der Waals surface area (Å²) in [6, 6.07) is 4.91. The lowest BCUT2D eigenvalue weighted by molar-refractivity contribution is -0.0184. The summed E-state index contributed by atoms with van der Waals surface area (Å²) in [6.07, 6.45) is 1.68. The molecule has 1 fully saturated rings. The van der Waals surface area contributed by atoms with Crippen molar-refractivity contribution < 1.29 is 9.50 Å². The van der Waals surface area contributed by atoms with Crippen LogP contribution in [0.15, 0.2) is 18.2 Å². The first-order valence-corrected chi connectivity index (χ1v) is 6.45. The maximum absolute atomic E-state index is 14.2. The molecule has 0 spiro atoms. The van der Waals surface area contributed by atoms with Gasteiger partial charge in [0.1, 0.15) is 11.7 Å². The predicted octanol–water partition coefficient (Wildman–Crippen LogP) is 1.46. The molecule has 4 nitrogen and oxygen atoms in total. The predicted molar refractivity (Wildman–Crippen MR) is 72.6 cm³/mol. The third-order valence-corrected chi connectivity index (χ3v) is 3.52. The lowest BCUT2D eigenvalue weighted by atomic mass is 9.94. The van der Waals surface area contributed by atoms with Crippen LogP contribution in [-0.2, 0) is 6.54 Å². The number of piperidine rings is 1. The zero-order valence-corrected chi connectivity index (χ0v) is 11.1. The van der Waals surface area contributed by atoms with Crippen molar-refractivity contribution in [1.29, 1.82) is 5.41 Å². The molecule has 1 aliphatic heterocycles. The molecule has 0 bridgehead atoms. The Balaban J connectivity index is 2.15. The summed E-state index contributed by atoms with van der Waals surface area (Å²) in [5, 5.41) is 17.4. The fourth-order valence-corrected chi connectivity index (χ4v) is 2.61. The van der Waals surface area contributed by atoms with Gasteiger partial charge in [-0.2, -0.15) is 0 Å². The summed E-state index contributed by atoms with van der Waals surface area (Å²) in [4.78, 5) is 2.03. The van der Waals surface area contributed by atoms with Gasteiger partial charge in [0, 0.05) is 18.7 Å². The maximum Gasteiger partial charge on any atom is 0.138 e. The molecule has 4 N–H and O–H groups in total. The minimum absolute atomic E-state index is 0.140. The number of nitrogens with zero attached hydrogens (tertiary/aromatic N) is 1. The van der Waals surface area contributed by atoms with E-state index in [0.717, 1.165) is 19.4 Å². The van der Waals surface area contributed by atoms with E-state index in [4.69, 9.17) is 11.1 Å². The first-order chi connectivity index (χ1) is 8.89. The average Bonchev–Trinajstić information content (AvgIpc) is 2.30. The van der Waals surface area contributed by atoms with Gasteiger partial charge >= 0.3 is 0 Å². The van der Waals surface area contributed by atoms with Crippen LogP contribution in [0.4, 0.5) is 4.39 Å². The molecule has 1 aromatic rings. The molecule has 1 unspecified atom stereocenters.